The maximum atomic E-state index is 14.2. The van der Waals surface area contributed by atoms with E-state index in [0.717, 1.165) is 35.3 Å². The third kappa shape index (κ3) is 11.1. The van der Waals surface area contributed by atoms with Crippen LogP contribution in [-0.4, -0.2) is 25.9 Å². The summed E-state index contributed by atoms with van der Waals surface area (Å²) in [5.41, 5.74) is 2.26. The number of halogens is 1. The molecule has 238 valence electrons. The number of unbranched alkanes of at least 4 members (excludes halogenated alkanes) is 7. The maximum Gasteiger partial charge on any atom is 0.245 e. The van der Waals surface area contributed by atoms with Crippen LogP contribution in [0.15, 0.2) is 114 Å². The first-order chi connectivity index (χ1) is 22.5. The molecule has 4 rings (SSSR count). The number of rotatable bonds is 15. The van der Waals surface area contributed by atoms with E-state index in [0.29, 0.717) is 11.6 Å². The zero-order chi connectivity index (χ0) is 32.5. The highest BCUT2D eigenvalue weighted by Crippen LogP contribution is 2.29. The molecule has 0 spiro atoms. The van der Waals surface area contributed by atoms with Crippen molar-refractivity contribution < 1.29 is 13.2 Å². The predicted octanol–water partition coefficient (Wildman–Crippen LogP) is 9.69. The molecular weight excluding hydrogens is 610 g/mol. The molecule has 1 atom stereocenters. The molecule has 0 saturated carbocycles. The van der Waals surface area contributed by atoms with E-state index >= 15 is 0 Å². The largest absolute Gasteiger partial charge is 0.494 e. The molecule has 0 N–H and O–H groups in total. The highest BCUT2D eigenvalue weighted by Gasteiger charge is 2.31. The van der Waals surface area contributed by atoms with Crippen LogP contribution in [0.4, 0.5) is 0 Å². The standard InChI is InChI=1S/C40H42ClNO3S/c1-2-3-4-5-6-7-8-15-33-45-38-29-25-36(26-30-38)40(31-24-35-22-27-37(41)28-23-35)42(32-16-19-34-17-11-9-12-18-34)46(43,44)39-20-13-10-14-21-39/h9-14,17-18,20-23,25-30,40H,2-8,15,32-33H2,1H3. The first-order valence-corrected chi connectivity index (χ1v) is 17.9. The molecule has 46 heavy (non-hydrogen) atoms. The van der Waals surface area contributed by atoms with Gasteiger partial charge in [-0.1, -0.05) is 136 Å². The van der Waals surface area contributed by atoms with Crippen LogP contribution in [0, 0.1) is 23.7 Å². The van der Waals surface area contributed by atoms with Gasteiger partial charge < -0.3 is 4.74 Å². The molecule has 4 aromatic carbocycles. The summed E-state index contributed by atoms with van der Waals surface area (Å²) in [6.45, 7) is 2.84. The summed E-state index contributed by atoms with van der Waals surface area (Å²) in [4.78, 5) is 0.181. The SMILES string of the molecule is CCCCCCCCCCOc1ccc(C(C#Cc2ccc(Cl)cc2)N(CC#Cc2ccccc2)S(=O)(=O)c2ccccc2)cc1. The van der Waals surface area contributed by atoms with E-state index in [9.17, 15) is 8.42 Å². The Balaban J connectivity index is 1.59. The van der Waals surface area contributed by atoms with Gasteiger partial charge in [-0.15, -0.1) is 0 Å². The summed E-state index contributed by atoms with van der Waals surface area (Å²) in [6.07, 6.45) is 9.91. The van der Waals surface area contributed by atoms with Crippen LogP contribution in [0.3, 0.4) is 0 Å². The lowest BCUT2D eigenvalue weighted by Gasteiger charge is -2.26. The Labute approximate surface area is 280 Å². The van der Waals surface area contributed by atoms with Crippen LogP contribution < -0.4 is 4.74 Å². The van der Waals surface area contributed by atoms with Crippen LogP contribution in [-0.2, 0) is 10.0 Å². The molecule has 4 aromatic rings. The third-order valence-electron chi connectivity index (χ3n) is 7.54. The molecule has 0 bridgehead atoms. The monoisotopic (exact) mass is 651 g/mol. The van der Waals surface area contributed by atoms with Gasteiger partial charge in [0.1, 0.15) is 11.8 Å². The minimum absolute atomic E-state index is 0.0528. The molecule has 4 nitrogen and oxygen atoms in total. The molecule has 0 aliphatic carbocycles. The molecule has 0 aliphatic rings. The van der Waals surface area contributed by atoms with Gasteiger partial charge >= 0.3 is 0 Å². The lowest BCUT2D eigenvalue weighted by molar-refractivity contribution is 0.304. The average Bonchev–Trinajstić information content (AvgIpc) is 3.09. The molecular formula is C40H42ClNO3S. The van der Waals surface area contributed by atoms with Crippen molar-refractivity contribution in [2.24, 2.45) is 0 Å². The van der Waals surface area contributed by atoms with Crippen molar-refractivity contribution in [2.45, 2.75) is 69.2 Å². The molecule has 0 saturated heterocycles. The van der Waals surface area contributed by atoms with Crippen molar-refractivity contribution in [3.8, 4) is 29.4 Å². The van der Waals surface area contributed by atoms with Gasteiger partial charge in [0.05, 0.1) is 18.0 Å². The van der Waals surface area contributed by atoms with Gasteiger partial charge in [-0.3, -0.25) is 0 Å². The first-order valence-electron chi connectivity index (χ1n) is 16.1. The van der Waals surface area contributed by atoms with Gasteiger partial charge in [-0.25, -0.2) is 8.42 Å². The zero-order valence-corrected chi connectivity index (χ0v) is 28.1. The first kappa shape index (κ1) is 34.9. The molecule has 0 heterocycles. The van der Waals surface area contributed by atoms with Gasteiger partial charge in [0, 0.05) is 16.1 Å². The number of benzene rings is 4. The Kier molecular flexibility index (Phi) is 14.3. The van der Waals surface area contributed by atoms with Crippen molar-refractivity contribution in [1.29, 1.82) is 0 Å². The van der Waals surface area contributed by atoms with E-state index in [1.165, 1.54) is 42.8 Å². The molecule has 0 aliphatic heterocycles. The maximum absolute atomic E-state index is 14.2. The fourth-order valence-corrected chi connectivity index (χ4v) is 6.55. The van der Waals surface area contributed by atoms with Crippen LogP contribution >= 0.6 is 11.6 Å². The number of sulfonamides is 1. The van der Waals surface area contributed by atoms with Gasteiger partial charge in [0.15, 0.2) is 0 Å². The summed E-state index contributed by atoms with van der Waals surface area (Å²) < 4.78 is 35.7. The normalized spacial score (nSPS) is 11.6. The van der Waals surface area contributed by atoms with Crippen LogP contribution in [0.5, 0.6) is 5.75 Å². The van der Waals surface area contributed by atoms with Crippen molar-refractivity contribution >= 4 is 21.6 Å². The average molecular weight is 652 g/mol. The molecule has 0 aromatic heterocycles. The molecule has 1 unspecified atom stereocenters. The summed E-state index contributed by atoms with van der Waals surface area (Å²) >= 11 is 6.09. The van der Waals surface area contributed by atoms with Crippen molar-refractivity contribution in [1.82, 2.24) is 4.31 Å². The van der Waals surface area contributed by atoms with Crippen molar-refractivity contribution in [2.75, 3.05) is 13.2 Å². The summed E-state index contributed by atoms with van der Waals surface area (Å²) in [7, 11) is -3.98. The number of hydrogen-bond acceptors (Lipinski definition) is 3. The summed E-state index contributed by atoms with van der Waals surface area (Å²) in [6, 6.07) is 31.9. The lowest BCUT2D eigenvalue weighted by atomic mass is 10.1. The molecule has 0 amide bonds. The fourth-order valence-electron chi connectivity index (χ4n) is 4.96. The van der Waals surface area contributed by atoms with E-state index < -0.39 is 16.1 Å². The van der Waals surface area contributed by atoms with E-state index in [2.05, 4.69) is 30.6 Å². The highest BCUT2D eigenvalue weighted by molar-refractivity contribution is 7.89. The van der Waals surface area contributed by atoms with Crippen LogP contribution in [0.2, 0.25) is 5.02 Å². The number of ether oxygens (including phenoxy) is 1. The lowest BCUT2D eigenvalue weighted by Crippen LogP contribution is -2.35. The Morgan fingerprint density at radius 2 is 1.28 bits per heavy atom. The van der Waals surface area contributed by atoms with E-state index in [-0.39, 0.29) is 11.4 Å². The van der Waals surface area contributed by atoms with Crippen molar-refractivity contribution in [3.63, 3.8) is 0 Å². The number of hydrogen-bond donors (Lipinski definition) is 0. The zero-order valence-electron chi connectivity index (χ0n) is 26.5. The predicted molar refractivity (Wildman–Crippen MR) is 189 cm³/mol. The van der Waals surface area contributed by atoms with Crippen LogP contribution in [0.1, 0.15) is 81.0 Å². The number of nitrogens with zero attached hydrogens (tertiary/aromatic N) is 1. The van der Waals surface area contributed by atoms with Gasteiger partial charge in [0.2, 0.25) is 10.0 Å². The van der Waals surface area contributed by atoms with E-state index in [1.807, 2.05) is 66.7 Å². The summed E-state index contributed by atoms with van der Waals surface area (Å²) in [5.74, 6) is 13.4. The highest BCUT2D eigenvalue weighted by atomic mass is 35.5. The second-order valence-corrected chi connectivity index (χ2v) is 13.4. The van der Waals surface area contributed by atoms with Crippen LogP contribution in [0.25, 0.3) is 0 Å². The van der Waals surface area contributed by atoms with E-state index in [1.54, 1.807) is 42.5 Å². The van der Waals surface area contributed by atoms with Gasteiger partial charge in [0.25, 0.3) is 0 Å². The van der Waals surface area contributed by atoms with Gasteiger partial charge in [-0.05, 0) is 72.6 Å². The Bertz CT molecular complexity index is 1700. The minimum atomic E-state index is -3.98. The molecule has 0 radical (unpaired) electrons. The molecule has 6 heteroatoms. The van der Waals surface area contributed by atoms with Gasteiger partial charge in [-0.2, -0.15) is 4.31 Å². The summed E-state index contributed by atoms with van der Waals surface area (Å²) in [5, 5.41) is 0.606. The van der Waals surface area contributed by atoms with Crippen molar-refractivity contribution in [3.05, 3.63) is 131 Å². The third-order valence-corrected chi connectivity index (χ3v) is 9.62. The fraction of sp³-hybridized carbons (Fsp3) is 0.300. The second kappa shape index (κ2) is 18.8. The molecule has 0 fully saturated rings. The van der Waals surface area contributed by atoms with E-state index in [4.69, 9.17) is 16.3 Å². The Hall–Kier alpha value is -4.00. The minimum Gasteiger partial charge on any atom is -0.494 e. The second-order valence-electron chi connectivity index (χ2n) is 11.1. The Morgan fingerprint density at radius 3 is 1.93 bits per heavy atom. The Morgan fingerprint density at radius 1 is 0.696 bits per heavy atom. The quantitative estimate of drug-likeness (QED) is 0.0950. The topological polar surface area (TPSA) is 46.6 Å². The smallest absolute Gasteiger partial charge is 0.245 e.